The van der Waals surface area contributed by atoms with E-state index in [0.29, 0.717) is 56.4 Å². The van der Waals surface area contributed by atoms with Gasteiger partial charge in [0, 0.05) is 50.1 Å². The molecule has 0 aliphatic carbocycles. The maximum Gasteiger partial charge on any atom is 0.253 e. The molecule has 0 spiro atoms. The Hall–Kier alpha value is -3.29. The predicted octanol–water partition coefficient (Wildman–Crippen LogP) is 2.44. The number of benzene rings is 1. The summed E-state index contributed by atoms with van der Waals surface area (Å²) in [6, 6.07) is 7.64. The minimum atomic E-state index is -0.488. The number of rotatable bonds is 5. The van der Waals surface area contributed by atoms with Crippen LogP contribution in [0.5, 0.6) is 0 Å². The van der Waals surface area contributed by atoms with Crippen LogP contribution in [0.4, 0.5) is 4.39 Å². The topological polar surface area (TPSA) is 82.6 Å². The van der Waals surface area contributed by atoms with Gasteiger partial charge in [0.1, 0.15) is 11.9 Å². The molecule has 2 aromatic rings. The highest BCUT2D eigenvalue weighted by atomic mass is 19.1. The third-order valence-electron chi connectivity index (χ3n) is 6.31. The summed E-state index contributed by atoms with van der Waals surface area (Å²) in [5.41, 5.74) is 1.73. The van der Waals surface area contributed by atoms with E-state index in [1.165, 1.54) is 6.07 Å². The molecule has 0 saturated carbocycles. The van der Waals surface area contributed by atoms with Gasteiger partial charge in [-0.2, -0.15) is 0 Å². The van der Waals surface area contributed by atoms with Crippen molar-refractivity contribution in [3.8, 4) is 0 Å². The number of halogens is 1. The Bertz CT molecular complexity index is 1010. The number of hydrogen-bond acceptors (Lipinski definition) is 4. The van der Waals surface area contributed by atoms with Crippen molar-refractivity contribution in [3.63, 3.8) is 0 Å². The monoisotopic (exact) mass is 438 g/mol. The van der Waals surface area contributed by atoms with E-state index in [1.807, 2.05) is 12.1 Å². The molecule has 1 N–H and O–H groups in total. The molecule has 2 aliphatic heterocycles. The first-order chi connectivity index (χ1) is 15.4. The molecule has 1 unspecified atom stereocenters. The van der Waals surface area contributed by atoms with Crippen molar-refractivity contribution in [2.24, 2.45) is 0 Å². The smallest absolute Gasteiger partial charge is 0.253 e. The van der Waals surface area contributed by atoms with Crippen LogP contribution in [0.1, 0.15) is 47.2 Å². The summed E-state index contributed by atoms with van der Waals surface area (Å²) in [6.07, 6.45) is 5.42. The number of amides is 3. The molecule has 1 aromatic heterocycles. The Morgan fingerprint density at radius 3 is 2.66 bits per heavy atom. The molecule has 7 nitrogen and oxygen atoms in total. The molecule has 3 amide bonds. The van der Waals surface area contributed by atoms with Gasteiger partial charge in [0.05, 0.1) is 0 Å². The molecule has 2 aliphatic rings. The third kappa shape index (κ3) is 4.64. The molecule has 2 fully saturated rings. The van der Waals surface area contributed by atoms with Crippen molar-refractivity contribution in [2.75, 3.05) is 13.1 Å². The number of carbonyl (C=O) groups excluding carboxylic acids is 3. The molecule has 0 bridgehead atoms. The molecule has 1 atom stereocenters. The van der Waals surface area contributed by atoms with Crippen LogP contribution in [0.15, 0.2) is 42.7 Å². The van der Waals surface area contributed by atoms with Crippen molar-refractivity contribution >= 4 is 17.7 Å². The number of nitrogens with one attached hydrogen (secondary N) is 1. The van der Waals surface area contributed by atoms with Crippen molar-refractivity contribution in [3.05, 3.63) is 65.2 Å². The van der Waals surface area contributed by atoms with Crippen LogP contribution < -0.4 is 5.32 Å². The molecule has 0 radical (unpaired) electrons. The summed E-state index contributed by atoms with van der Waals surface area (Å²) in [7, 11) is 0. The van der Waals surface area contributed by atoms with Gasteiger partial charge in [-0.3, -0.25) is 19.4 Å². The van der Waals surface area contributed by atoms with Crippen LogP contribution in [-0.2, 0) is 16.1 Å². The number of carbonyl (C=O) groups is 3. The summed E-state index contributed by atoms with van der Waals surface area (Å²) in [4.78, 5) is 45.6. The summed E-state index contributed by atoms with van der Waals surface area (Å²) in [5.74, 6) is -0.778. The van der Waals surface area contributed by atoms with Crippen molar-refractivity contribution in [1.82, 2.24) is 20.1 Å². The minimum absolute atomic E-state index is 0.0168. The SMILES string of the molecule is Cc1ccc(C(=O)N2CCC(N3C(=O)CCC3C(=O)NCc3cccnc3)CC2)cc1F. The zero-order chi connectivity index (χ0) is 22.7. The zero-order valence-electron chi connectivity index (χ0n) is 18.1. The number of hydrogen-bond donors (Lipinski definition) is 1. The van der Waals surface area contributed by atoms with Gasteiger partial charge in [-0.1, -0.05) is 12.1 Å². The van der Waals surface area contributed by atoms with E-state index < -0.39 is 11.9 Å². The highest BCUT2D eigenvalue weighted by Gasteiger charge is 2.41. The van der Waals surface area contributed by atoms with Gasteiger partial charge >= 0.3 is 0 Å². The largest absolute Gasteiger partial charge is 0.350 e. The summed E-state index contributed by atoms with van der Waals surface area (Å²) >= 11 is 0. The van der Waals surface area contributed by atoms with Crippen molar-refractivity contribution < 1.29 is 18.8 Å². The summed E-state index contributed by atoms with van der Waals surface area (Å²) in [6.45, 7) is 2.95. The Labute approximate surface area is 186 Å². The van der Waals surface area contributed by atoms with Gasteiger partial charge in [0.15, 0.2) is 0 Å². The molecule has 8 heteroatoms. The van der Waals surface area contributed by atoms with Gasteiger partial charge in [-0.05, 0) is 55.5 Å². The van der Waals surface area contributed by atoms with Gasteiger partial charge in [0.25, 0.3) is 5.91 Å². The summed E-state index contributed by atoms with van der Waals surface area (Å²) < 4.78 is 13.8. The van der Waals surface area contributed by atoms with Gasteiger partial charge in [-0.25, -0.2) is 4.39 Å². The van der Waals surface area contributed by atoms with E-state index in [1.54, 1.807) is 41.2 Å². The van der Waals surface area contributed by atoms with E-state index in [-0.39, 0.29) is 23.8 Å². The lowest BCUT2D eigenvalue weighted by Gasteiger charge is -2.39. The second-order valence-electron chi connectivity index (χ2n) is 8.42. The number of likely N-dealkylation sites (tertiary alicyclic amines) is 2. The Kier molecular flexibility index (Phi) is 6.48. The van der Waals surface area contributed by atoms with Crippen LogP contribution >= 0.6 is 0 Å². The van der Waals surface area contributed by atoms with E-state index >= 15 is 0 Å². The Morgan fingerprint density at radius 2 is 1.97 bits per heavy atom. The van der Waals surface area contributed by atoms with Crippen LogP contribution in [0, 0.1) is 12.7 Å². The minimum Gasteiger partial charge on any atom is -0.350 e. The third-order valence-corrected chi connectivity index (χ3v) is 6.31. The first kappa shape index (κ1) is 21.9. The first-order valence-electron chi connectivity index (χ1n) is 11.0. The molecule has 32 heavy (non-hydrogen) atoms. The van der Waals surface area contributed by atoms with Gasteiger partial charge in [0.2, 0.25) is 11.8 Å². The molecular weight excluding hydrogens is 411 g/mol. The van der Waals surface area contributed by atoms with Crippen molar-refractivity contribution in [1.29, 1.82) is 0 Å². The maximum atomic E-state index is 13.8. The Balaban J connectivity index is 1.35. The summed E-state index contributed by atoms with van der Waals surface area (Å²) in [5, 5.41) is 2.92. The van der Waals surface area contributed by atoms with Crippen LogP contribution in [0.25, 0.3) is 0 Å². The van der Waals surface area contributed by atoms with Crippen LogP contribution in [-0.4, -0.2) is 57.7 Å². The quantitative estimate of drug-likeness (QED) is 0.777. The normalized spacial score (nSPS) is 19.3. The number of nitrogens with zero attached hydrogens (tertiary/aromatic N) is 3. The van der Waals surface area contributed by atoms with Crippen LogP contribution in [0.2, 0.25) is 0 Å². The fourth-order valence-corrected chi connectivity index (χ4v) is 4.48. The molecule has 3 heterocycles. The number of piperidine rings is 1. The fourth-order valence-electron chi connectivity index (χ4n) is 4.48. The van der Waals surface area contributed by atoms with E-state index in [9.17, 15) is 18.8 Å². The molecule has 1 aromatic carbocycles. The van der Waals surface area contributed by atoms with E-state index in [4.69, 9.17) is 0 Å². The van der Waals surface area contributed by atoms with E-state index in [0.717, 1.165) is 5.56 Å². The highest BCUT2D eigenvalue weighted by molar-refractivity contribution is 5.94. The lowest BCUT2D eigenvalue weighted by molar-refractivity contribution is -0.138. The van der Waals surface area contributed by atoms with Crippen molar-refractivity contribution in [2.45, 2.75) is 51.2 Å². The molecule has 168 valence electrons. The lowest BCUT2D eigenvalue weighted by Crippen LogP contribution is -2.53. The standard InChI is InChI=1S/C24H27FN4O3/c1-16-4-5-18(13-20(16)25)24(32)28-11-8-19(9-12-28)29-21(6-7-22(29)30)23(31)27-15-17-3-2-10-26-14-17/h2-5,10,13-14,19,21H,6-9,11-12,15H2,1H3,(H,27,31). The van der Waals surface area contributed by atoms with Crippen LogP contribution in [0.3, 0.4) is 0 Å². The predicted molar refractivity (Wildman–Crippen MR) is 116 cm³/mol. The highest BCUT2D eigenvalue weighted by Crippen LogP contribution is 2.28. The fraction of sp³-hybridized carbons (Fsp3) is 0.417. The number of aryl methyl sites for hydroxylation is 1. The first-order valence-corrected chi connectivity index (χ1v) is 11.0. The van der Waals surface area contributed by atoms with Gasteiger partial charge in [-0.15, -0.1) is 0 Å². The zero-order valence-corrected chi connectivity index (χ0v) is 18.1. The number of pyridine rings is 1. The average Bonchev–Trinajstić information content (AvgIpc) is 3.21. The molecular formula is C24H27FN4O3. The number of aromatic nitrogens is 1. The Morgan fingerprint density at radius 1 is 1.19 bits per heavy atom. The maximum absolute atomic E-state index is 13.8. The van der Waals surface area contributed by atoms with Gasteiger partial charge < -0.3 is 15.1 Å². The lowest BCUT2D eigenvalue weighted by atomic mass is 10.0. The molecule has 4 rings (SSSR count). The second kappa shape index (κ2) is 9.46. The average molecular weight is 439 g/mol. The molecule has 2 saturated heterocycles. The van der Waals surface area contributed by atoms with E-state index in [2.05, 4.69) is 10.3 Å². The second-order valence-corrected chi connectivity index (χ2v) is 8.42.